The van der Waals surface area contributed by atoms with Gasteiger partial charge in [0.15, 0.2) is 17.2 Å². The molecule has 0 aliphatic rings. The molecule has 0 aliphatic carbocycles. The minimum absolute atomic E-state index is 0.164. The second-order valence-electron chi connectivity index (χ2n) is 6.12. The molecule has 0 saturated carbocycles. The van der Waals surface area contributed by atoms with Crippen molar-refractivity contribution in [1.82, 2.24) is 15.0 Å². The Labute approximate surface area is 156 Å². The quantitative estimate of drug-likeness (QED) is 0.479. The van der Waals surface area contributed by atoms with Crippen LogP contribution in [0.4, 0.5) is 5.82 Å². The lowest BCUT2D eigenvalue weighted by Gasteiger charge is -2.09. The third-order valence-electron chi connectivity index (χ3n) is 4.08. The Balaban J connectivity index is 1.78. The lowest BCUT2D eigenvalue weighted by molar-refractivity contribution is 0.144. The van der Waals surface area contributed by atoms with Gasteiger partial charge in [-0.1, -0.05) is 19.1 Å². The van der Waals surface area contributed by atoms with Gasteiger partial charge in [0.05, 0.1) is 12.0 Å². The first-order valence-electron chi connectivity index (χ1n) is 8.92. The fourth-order valence-corrected chi connectivity index (χ4v) is 2.86. The Hall–Kier alpha value is -3.19. The molecule has 3 heterocycles. The Bertz CT molecular complexity index is 1080. The van der Waals surface area contributed by atoms with Gasteiger partial charge in [-0.2, -0.15) is 0 Å². The molecule has 138 valence electrons. The van der Waals surface area contributed by atoms with Crippen molar-refractivity contribution in [1.29, 1.82) is 0 Å². The summed E-state index contributed by atoms with van der Waals surface area (Å²) in [6, 6.07) is 10.6. The molecule has 7 heteroatoms. The average molecular weight is 364 g/mol. The number of hydrogen-bond donors (Lipinski definition) is 2. The van der Waals surface area contributed by atoms with Crippen LogP contribution in [0, 0.1) is 0 Å². The molecule has 27 heavy (non-hydrogen) atoms. The lowest BCUT2D eigenvalue weighted by Crippen LogP contribution is -2.11. The number of phenols is 1. The number of nitrogens with one attached hydrogen (secondary N) is 1. The van der Waals surface area contributed by atoms with E-state index in [0.29, 0.717) is 41.6 Å². The third kappa shape index (κ3) is 3.54. The first-order valence-corrected chi connectivity index (χ1v) is 8.92. The second-order valence-corrected chi connectivity index (χ2v) is 6.12. The zero-order valence-electron chi connectivity index (χ0n) is 15.0. The van der Waals surface area contributed by atoms with Crippen LogP contribution in [-0.2, 0) is 4.74 Å². The SMILES string of the molecule is CCCOCCNc1nc(-c2cccc(O)c2)nc2c1oc1ncccc12. The lowest BCUT2D eigenvalue weighted by atomic mass is 10.2. The molecule has 0 radical (unpaired) electrons. The van der Waals surface area contributed by atoms with Crippen LogP contribution in [0.5, 0.6) is 5.75 Å². The van der Waals surface area contributed by atoms with Gasteiger partial charge in [-0.15, -0.1) is 0 Å². The van der Waals surface area contributed by atoms with E-state index in [1.807, 2.05) is 18.2 Å². The standard InChI is InChI=1S/C20H20N4O3/c1-2-10-26-11-9-21-19-17-16(15-7-4-8-22-20(15)27-17)23-18(24-19)13-5-3-6-14(25)12-13/h3-8,12,25H,2,9-11H2,1H3,(H,21,23,24). The van der Waals surface area contributed by atoms with E-state index in [0.717, 1.165) is 24.0 Å². The topological polar surface area (TPSA) is 93.3 Å². The molecule has 0 aliphatic heterocycles. The summed E-state index contributed by atoms with van der Waals surface area (Å²) in [7, 11) is 0. The number of pyridine rings is 1. The number of aromatic nitrogens is 3. The number of benzene rings is 1. The number of nitrogens with zero attached hydrogens (tertiary/aromatic N) is 3. The predicted octanol–water partition coefficient (Wildman–Crippen LogP) is 3.98. The molecule has 0 atom stereocenters. The van der Waals surface area contributed by atoms with Gasteiger partial charge in [0, 0.05) is 24.9 Å². The second kappa shape index (κ2) is 7.59. The van der Waals surface area contributed by atoms with Crippen molar-refractivity contribution in [3.8, 4) is 17.1 Å². The van der Waals surface area contributed by atoms with Crippen molar-refractivity contribution in [2.75, 3.05) is 25.1 Å². The van der Waals surface area contributed by atoms with Crippen molar-refractivity contribution in [3.05, 3.63) is 42.6 Å². The van der Waals surface area contributed by atoms with Crippen LogP contribution in [0.1, 0.15) is 13.3 Å². The molecular formula is C20H20N4O3. The smallest absolute Gasteiger partial charge is 0.229 e. The van der Waals surface area contributed by atoms with Crippen LogP contribution < -0.4 is 5.32 Å². The highest BCUT2D eigenvalue weighted by molar-refractivity contribution is 6.05. The molecule has 3 aromatic heterocycles. The Kier molecular flexibility index (Phi) is 4.84. The van der Waals surface area contributed by atoms with Crippen molar-refractivity contribution in [2.24, 2.45) is 0 Å². The molecule has 0 unspecified atom stereocenters. The Morgan fingerprint density at radius 2 is 2.07 bits per heavy atom. The molecule has 0 bridgehead atoms. The Morgan fingerprint density at radius 3 is 2.93 bits per heavy atom. The van der Waals surface area contributed by atoms with E-state index in [4.69, 9.17) is 9.15 Å². The number of ether oxygens (including phenoxy) is 1. The van der Waals surface area contributed by atoms with Gasteiger partial charge in [-0.25, -0.2) is 15.0 Å². The van der Waals surface area contributed by atoms with E-state index >= 15 is 0 Å². The van der Waals surface area contributed by atoms with Crippen molar-refractivity contribution < 1.29 is 14.3 Å². The van der Waals surface area contributed by atoms with Gasteiger partial charge < -0.3 is 19.6 Å². The van der Waals surface area contributed by atoms with E-state index < -0.39 is 0 Å². The third-order valence-corrected chi connectivity index (χ3v) is 4.08. The minimum Gasteiger partial charge on any atom is -0.508 e. The monoisotopic (exact) mass is 364 g/mol. The highest BCUT2D eigenvalue weighted by atomic mass is 16.5. The molecule has 1 aromatic carbocycles. The number of fused-ring (bicyclic) bond motifs is 3. The van der Waals surface area contributed by atoms with Crippen molar-refractivity contribution >= 4 is 28.0 Å². The maximum atomic E-state index is 9.80. The van der Waals surface area contributed by atoms with Gasteiger partial charge in [-0.05, 0) is 30.7 Å². The zero-order chi connectivity index (χ0) is 18.6. The molecule has 0 amide bonds. The zero-order valence-corrected chi connectivity index (χ0v) is 15.0. The minimum atomic E-state index is 0.164. The molecule has 0 spiro atoms. The fourth-order valence-electron chi connectivity index (χ4n) is 2.86. The summed E-state index contributed by atoms with van der Waals surface area (Å²) < 4.78 is 11.4. The van der Waals surface area contributed by atoms with Gasteiger partial charge in [0.1, 0.15) is 11.3 Å². The maximum Gasteiger partial charge on any atom is 0.229 e. The van der Waals surface area contributed by atoms with Crippen LogP contribution in [-0.4, -0.2) is 39.8 Å². The van der Waals surface area contributed by atoms with Crippen LogP contribution in [0.3, 0.4) is 0 Å². The molecule has 7 nitrogen and oxygen atoms in total. The number of aromatic hydroxyl groups is 1. The van der Waals surface area contributed by atoms with Gasteiger partial charge in [0.25, 0.3) is 0 Å². The first kappa shape index (κ1) is 17.2. The summed E-state index contributed by atoms with van der Waals surface area (Å²) >= 11 is 0. The van der Waals surface area contributed by atoms with Crippen molar-refractivity contribution in [2.45, 2.75) is 13.3 Å². The highest BCUT2D eigenvalue weighted by Crippen LogP contribution is 2.32. The van der Waals surface area contributed by atoms with Crippen molar-refractivity contribution in [3.63, 3.8) is 0 Å². The largest absolute Gasteiger partial charge is 0.508 e. The van der Waals surface area contributed by atoms with E-state index in [-0.39, 0.29) is 5.75 Å². The van der Waals surface area contributed by atoms with E-state index in [2.05, 4.69) is 27.2 Å². The highest BCUT2D eigenvalue weighted by Gasteiger charge is 2.17. The Morgan fingerprint density at radius 1 is 1.15 bits per heavy atom. The summed E-state index contributed by atoms with van der Waals surface area (Å²) in [6.07, 6.45) is 2.66. The summed E-state index contributed by atoms with van der Waals surface area (Å²) in [5, 5.41) is 13.9. The number of furan rings is 1. The molecule has 4 rings (SSSR count). The summed E-state index contributed by atoms with van der Waals surface area (Å²) in [6.45, 7) is 3.96. The predicted molar refractivity (Wildman–Crippen MR) is 104 cm³/mol. The summed E-state index contributed by atoms with van der Waals surface area (Å²) in [5.74, 6) is 1.25. The number of rotatable bonds is 7. The van der Waals surface area contributed by atoms with Gasteiger partial charge >= 0.3 is 0 Å². The number of hydrogen-bond acceptors (Lipinski definition) is 7. The molecular weight excluding hydrogens is 344 g/mol. The number of phenolic OH excluding ortho intramolecular Hbond substituents is 1. The maximum absolute atomic E-state index is 9.80. The van der Waals surface area contributed by atoms with E-state index in [1.165, 1.54) is 0 Å². The normalized spacial score (nSPS) is 11.3. The van der Waals surface area contributed by atoms with Crippen LogP contribution in [0.25, 0.3) is 33.6 Å². The molecule has 0 saturated heterocycles. The number of anilines is 1. The first-order chi connectivity index (χ1) is 13.3. The van der Waals surface area contributed by atoms with Gasteiger partial charge in [-0.3, -0.25) is 0 Å². The van der Waals surface area contributed by atoms with E-state index in [1.54, 1.807) is 24.4 Å². The van der Waals surface area contributed by atoms with Gasteiger partial charge in [0.2, 0.25) is 5.71 Å². The average Bonchev–Trinajstić information content (AvgIpc) is 3.06. The van der Waals surface area contributed by atoms with Crippen LogP contribution in [0.15, 0.2) is 47.0 Å². The van der Waals surface area contributed by atoms with Crippen LogP contribution in [0.2, 0.25) is 0 Å². The fraction of sp³-hybridized carbons (Fsp3) is 0.250. The van der Waals surface area contributed by atoms with Crippen LogP contribution >= 0.6 is 0 Å². The summed E-state index contributed by atoms with van der Waals surface area (Å²) in [5.41, 5.74) is 2.48. The van der Waals surface area contributed by atoms with E-state index in [9.17, 15) is 5.11 Å². The molecule has 4 aromatic rings. The summed E-state index contributed by atoms with van der Waals surface area (Å²) in [4.78, 5) is 13.6. The molecule has 2 N–H and O–H groups in total. The molecule has 0 fully saturated rings.